The van der Waals surface area contributed by atoms with Crippen LogP contribution in [0.5, 0.6) is 0 Å². The number of nitrogens with one attached hydrogen (secondary N) is 2. The van der Waals surface area contributed by atoms with E-state index in [9.17, 15) is 4.79 Å². The van der Waals surface area contributed by atoms with Gasteiger partial charge < -0.3 is 10.7 Å². The lowest BCUT2D eigenvalue weighted by molar-refractivity contribution is 0.0934. The van der Waals surface area contributed by atoms with E-state index in [1.54, 1.807) is 18.2 Å². The monoisotopic (exact) mass is 222 g/mol. The molecule has 0 aliphatic carbocycles. The molecule has 0 saturated heterocycles. The van der Waals surface area contributed by atoms with Gasteiger partial charge in [-0.25, -0.2) is 10.8 Å². The molecule has 0 saturated carbocycles. The third-order valence-corrected chi connectivity index (χ3v) is 1.91. The van der Waals surface area contributed by atoms with Crippen molar-refractivity contribution in [1.82, 2.24) is 10.3 Å². The highest BCUT2D eigenvalue weighted by molar-refractivity contribution is 5.92. The molecule has 1 aromatic rings. The molecule has 16 heavy (non-hydrogen) atoms. The van der Waals surface area contributed by atoms with Gasteiger partial charge in [-0.3, -0.25) is 4.79 Å². The van der Waals surface area contributed by atoms with Crippen LogP contribution in [0.25, 0.3) is 0 Å². The number of nitrogens with two attached hydrogens (primary N) is 1. The molecule has 0 unspecified atom stereocenters. The Morgan fingerprint density at radius 3 is 2.69 bits per heavy atom. The van der Waals surface area contributed by atoms with Crippen molar-refractivity contribution >= 4 is 11.7 Å². The average Bonchev–Trinajstić information content (AvgIpc) is 2.25. The van der Waals surface area contributed by atoms with Crippen LogP contribution in [0.1, 0.15) is 31.3 Å². The van der Waals surface area contributed by atoms with Gasteiger partial charge in [-0.2, -0.15) is 0 Å². The van der Waals surface area contributed by atoms with Gasteiger partial charge >= 0.3 is 0 Å². The van der Waals surface area contributed by atoms with Crippen molar-refractivity contribution < 1.29 is 4.79 Å². The molecule has 4 N–H and O–H groups in total. The van der Waals surface area contributed by atoms with Crippen LogP contribution in [-0.4, -0.2) is 17.4 Å². The SMILES string of the molecule is CC(C)(C)CNC(=O)c1cccc(NN)n1. The molecule has 0 aliphatic rings. The Labute approximate surface area is 95.4 Å². The van der Waals surface area contributed by atoms with Gasteiger partial charge in [0.05, 0.1) is 0 Å². The van der Waals surface area contributed by atoms with Crippen LogP contribution in [0.15, 0.2) is 18.2 Å². The Kier molecular flexibility index (Phi) is 3.84. The lowest BCUT2D eigenvalue weighted by atomic mass is 9.97. The third kappa shape index (κ3) is 3.86. The maximum absolute atomic E-state index is 11.7. The number of hydrogen-bond donors (Lipinski definition) is 3. The van der Waals surface area contributed by atoms with E-state index in [1.165, 1.54) is 0 Å². The van der Waals surface area contributed by atoms with Gasteiger partial charge in [-0.05, 0) is 17.5 Å². The van der Waals surface area contributed by atoms with E-state index in [2.05, 4.69) is 36.5 Å². The molecular formula is C11H18N4O. The number of aromatic nitrogens is 1. The molecule has 88 valence electrons. The third-order valence-electron chi connectivity index (χ3n) is 1.91. The topological polar surface area (TPSA) is 80.0 Å². The number of pyridine rings is 1. The van der Waals surface area contributed by atoms with Crippen molar-refractivity contribution in [3.8, 4) is 0 Å². The summed E-state index contributed by atoms with van der Waals surface area (Å²) in [5, 5.41) is 2.82. The number of carbonyl (C=O) groups is 1. The summed E-state index contributed by atoms with van der Waals surface area (Å²) in [6.45, 7) is 6.77. The maximum atomic E-state index is 11.7. The van der Waals surface area contributed by atoms with Crippen LogP contribution >= 0.6 is 0 Å². The smallest absolute Gasteiger partial charge is 0.269 e. The van der Waals surface area contributed by atoms with Gasteiger partial charge in [0.2, 0.25) is 0 Å². The van der Waals surface area contributed by atoms with Crippen LogP contribution < -0.4 is 16.6 Å². The number of hydrazine groups is 1. The molecule has 1 amide bonds. The van der Waals surface area contributed by atoms with E-state index < -0.39 is 0 Å². The minimum atomic E-state index is -0.188. The number of amides is 1. The fraction of sp³-hybridized carbons (Fsp3) is 0.455. The quantitative estimate of drug-likeness (QED) is 0.529. The normalized spacial score (nSPS) is 11.0. The Bertz CT molecular complexity index is 370. The molecule has 0 aromatic carbocycles. The van der Waals surface area contributed by atoms with Gasteiger partial charge in [0.25, 0.3) is 5.91 Å². The summed E-state index contributed by atoms with van der Waals surface area (Å²) in [4.78, 5) is 15.8. The van der Waals surface area contributed by atoms with Crippen LogP contribution in [0.3, 0.4) is 0 Å². The van der Waals surface area contributed by atoms with Crippen LogP contribution in [-0.2, 0) is 0 Å². The van der Waals surface area contributed by atoms with Crippen LogP contribution in [0.2, 0.25) is 0 Å². The predicted octanol–water partition coefficient (Wildman–Crippen LogP) is 1.14. The predicted molar refractivity (Wildman–Crippen MR) is 63.8 cm³/mol. The molecule has 0 bridgehead atoms. The minimum absolute atomic E-state index is 0.0549. The number of carbonyl (C=O) groups excluding carboxylic acids is 1. The molecule has 0 aliphatic heterocycles. The Hall–Kier alpha value is -1.62. The summed E-state index contributed by atoms with van der Waals surface area (Å²) in [5.41, 5.74) is 2.82. The summed E-state index contributed by atoms with van der Waals surface area (Å²) in [6, 6.07) is 5.08. The first-order valence-electron chi connectivity index (χ1n) is 5.14. The zero-order valence-corrected chi connectivity index (χ0v) is 9.87. The molecule has 1 aromatic heterocycles. The van der Waals surface area contributed by atoms with Gasteiger partial charge in [0.1, 0.15) is 11.5 Å². The van der Waals surface area contributed by atoms with E-state index in [0.717, 1.165) is 0 Å². The van der Waals surface area contributed by atoms with Crippen molar-refractivity contribution in [2.24, 2.45) is 11.3 Å². The summed E-state index contributed by atoms with van der Waals surface area (Å²) in [7, 11) is 0. The highest BCUT2D eigenvalue weighted by atomic mass is 16.1. The second-order valence-electron chi connectivity index (χ2n) is 4.80. The fourth-order valence-electron chi connectivity index (χ4n) is 1.08. The largest absolute Gasteiger partial charge is 0.350 e. The van der Waals surface area contributed by atoms with E-state index in [0.29, 0.717) is 18.1 Å². The zero-order valence-electron chi connectivity index (χ0n) is 9.87. The molecule has 0 spiro atoms. The summed E-state index contributed by atoms with van der Waals surface area (Å²) < 4.78 is 0. The average molecular weight is 222 g/mol. The van der Waals surface area contributed by atoms with Crippen molar-refractivity contribution in [3.05, 3.63) is 23.9 Å². The minimum Gasteiger partial charge on any atom is -0.350 e. The van der Waals surface area contributed by atoms with Crippen molar-refractivity contribution in [3.63, 3.8) is 0 Å². The molecule has 5 nitrogen and oxygen atoms in total. The number of rotatable bonds is 3. The molecule has 0 fully saturated rings. The van der Waals surface area contributed by atoms with E-state index in [1.807, 2.05) is 0 Å². The summed E-state index contributed by atoms with van der Waals surface area (Å²) >= 11 is 0. The zero-order chi connectivity index (χ0) is 12.2. The highest BCUT2D eigenvalue weighted by Gasteiger charge is 2.13. The molecule has 1 rings (SSSR count). The maximum Gasteiger partial charge on any atom is 0.269 e. The second kappa shape index (κ2) is 4.94. The van der Waals surface area contributed by atoms with E-state index in [4.69, 9.17) is 5.84 Å². The first-order valence-corrected chi connectivity index (χ1v) is 5.14. The van der Waals surface area contributed by atoms with Crippen LogP contribution in [0.4, 0.5) is 5.82 Å². The Morgan fingerprint density at radius 1 is 1.44 bits per heavy atom. The number of nitrogen functional groups attached to an aromatic ring is 1. The second-order valence-corrected chi connectivity index (χ2v) is 4.80. The lowest BCUT2D eigenvalue weighted by Gasteiger charge is -2.18. The molecular weight excluding hydrogens is 204 g/mol. The van der Waals surface area contributed by atoms with Crippen molar-refractivity contribution in [2.45, 2.75) is 20.8 Å². The van der Waals surface area contributed by atoms with Gasteiger partial charge in [-0.15, -0.1) is 0 Å². The molecule has 0 radical (unpaired) electrons. The summed E-state index contributed by atoms with van der Waals surface area (Å²) in [6.07, 6.45) is 0. The number of nitrogens with zero attached hydrogens (tertiary/aromatic N) is 1. The standard InChI is InChI=1S/C11H18N4O/c1-11(2,3)7-13-10(16)8-5-4-6-9(14-8)15-12/h4-6H,7,12H2,1-3H3,(H,13,16)(H,14,15). The highest BCUT2D eigenvalue weighted by Crippen LogP contribution is 2.11. The van der Waals surface area contributed by atoms with Crippen molar-refractivity contribution in [2.75, 3.05) is 12.0 Å². The Balaban J connectivity index is 2.66. The number of anilines is 1. The summed E-state index contributed by atoms with van der Waals surface area (Å²) in [5.74, 6) is 5.51. The van der Waals surface area contributed by atoms with E-state index in [-0.39, 0.29) is 11.3 Å². The van der Waals surface area contributed by atoms with E-state index >= 15 is 0 Å². The first-order chi connectivity index (χ1) is 7.42. The molecule has 1 heterocycles. The first kappa shape index (κ1) is 12.4. The molecule has 5 heteroatoms. The van der Waals surface area contributed by atoms with Crippen molar-refractivity contribution in [1.29, 1.82) is 0 Å². The fourth-order valence-corrected chi connectivity index (χ4v) is 1.08. The van der Waals surface area contributed by atoms with Gasteiger partial charge in [-0.1, -0.05) is 26.8 Å². The van der Waals surface area contributed by atoms with Gasteiger partial charge in [0.15, 0.2) is 0 Å². The van der Waals surface area contributed by atoms with Crippen LogP contribution in [0, 0.1) is 5.41 Å². The molecule has 0 atom stereocenters. The lowest BCUT2D eigenvalue weighted by Crippen LogP contribution is -2.32. The number of hydrogen-bond acceptors (Lipinski definition) is 4. The Morgan fingerprint density at radius 2 is 2.12 bits per heavy atom. The van der Waals surface area contributed by atoms with Gasteiger partial charge in [0, 0.05) is 6.54 Å².